The summed E-state index contributed by atoms with van der Waals surface area (Å²) < 4.78 is 5.09. The summed E-state index contributed by atoms with van der Waals surface area (Å²) in [6, 6.07) is 14.3. The lowest BCUT2D eigenvalue weighted by Gasteiger charge is -2.10. The Balaban J connectivity index is 1.56. The highest BCUT2D eigenvalue weighted by molar-refractivity contribution is 5.99. The Labute approximate surface area is 156 Å². The van der Waals surface area contributed by atoms with E-state index in [9.17, 15) is 9.59 Å². The first-order chi connectivity index (χ1) is 13.1. The van der Waals surface area contributed by atoms with Crippen LogP contribution in [0.1, 0.15) is 28.7 Å². The standard InChI is InChI=1S/C20H20N4O3/c1-3-14-6-4-5-7-17(14)23-18(25)12-21-19(26)15-8-10-16(11-9-15)20-22-13(2)24-27-20/h4-11H,3,12H2,1-2H3,(H,21,26)(H,23,25). The number of hydrogen-bond donors (Lipinski definition) is 2. The molecular formula is C20H20N4O3. The average molecular weight is 364 g/mol. The molecule has 0 radical (unpaired) electrons. The quantitative estimate of drug-likeness (QED) is 0.701. The van der Waals surface area contributed by atoms with Crippen molar-refractivity contribution in [2.75, 3.05) is 11.9 Å². The number of nitrogens with one attached hydrogen (secondary N) is 2. The fraction of sp³-hybridized carbons (Fsp3) is 0.200. The third-order valence-electron chi connectivity index (χ3n) is 4.00. The number of hydrogen-bond acceptors (Lipinski definition) is 5. The molecule has 0 aliphatic rings. The summed E-state index contributed by atoms with van der Waals surface area (Å²) in [7, 11) is 0. The minimum absolute atomic E-state index is 0.110. The second-order valence-corrected chi connectivity index (χ2v) is 5.97. The Morgan fingerprint density at radius 2 is 1.81 bits per heavy atom. The second-order valence-electron chi connectivity index (χ2n) is 5.97. The molecule has 2 aromatic carbocycles. The van der Waals surface area contributed by atoms with Crippen LogP contribution in [0.5, 0.6) is 0 Å². The lowest BCUT2D eigenvalue weighted by atomic mass is 10.1. The number of carbonyl (C=O) groups excluding carboxylic acids is 2. The fourth-order valence-electron chi connectivity index (χ4n) is 2.59. The molecule has 0 aliphatic carbocycles. The van der Waals surface area contributed by atoms with Crippen LogP contribution in [0.15, 0.2) is 53.1 Å². The van der Waals surface area contributed by atoms with Gasteiger partial charge in [0.25, 0.3) is 11.8 Å². The van der Waals surface area contributed by atoms with Gasteiger partial charge in [0.05, 0.1) is 6.54 Å². The van der Waals surface area contributed by atoms with Gasteiger partial charge in [0.15, 0.2) is 5.82 Å². The van der Waals surface area contributed by atoms with Gasteiger partial charge in [-0.2, -0.15) is 4.98 Å². The van der Waals surface area contributed by atoms with E-state index in [0.717, 1.165) is 23.2 Å². The SMILES string of the molecule is CCc1ccccc1NC(=O)CNC(=O)c1ccc(-c2nc(C)no2)cc1. The molecule has 2 amide bonds. The van der Waals surface area contributed by atoms with Crippen LogP contribution < -0.4 is 10.6 Å². The van der Waals surface area contributed by atoms with Crippen molar-refractivity contribution in [2.45, 2.75) is 20.3 Å². The zero-order chi connectivity index (χ0) is 19.2. The van der Waals surface area contributed by atoms with Gasteiger partial charge in [-0.25, -0.2) is 0 Å². The summed E-state index contributed by atoms with van der Waals surface area (Å²) in [5, 5.41) is 9.17. The number of nitrogens with zero attached hydrogens (tertiary/aromatic N) is 2. The molecule has 27 heavy (non-hydrogen) atoms. The van der Waals surface area contributed by atoms with Gasteiger partial charge in [0, 0.05) is 16.8 Å². The fourth-order valence-corrected chi connectivity index (χ4v) is 2.59. The van der Waals surface area contributed by atoms with Crippen LogP contribution in [-0.2, 0) is 11.2 Å². The molecule has 0 atom stereocenters. The van der Waals surface area contributed by atoms with E-state index >= 15 is 0 Å². The first-order valence-corrected chi connectivity index (χ1v) is 8.63. The normalized spacial score (nSPS) is 10.4. The number of aryl methyl sites for hydroxylation is 2. The summed E-state index contributed by atoms with van der Waals surface area (Å²) in [4.78, 5) is 28.5. The first-order valence-electron chi connectivity index (χ1n) is 8.63. The van der Waals surface area contributed by atoms with E-state index in [1.165, 1.54) is 0 Å². The van der Waals surface area contributed by atoms with Crippen LogP contribution in [-0.4, -0.2) is 28.5 Å². The maximum atomic E-state index is 12.2. The Morgan fingerprint density at radius 3 is 2.48 bits per heavy atom. The Bertz CT molecular complexity index is 948. The Hall–Kier alpha value is -3.48. The molecule has 0 unspecified atom stereocenters. The smallest absolute Gasteiger partial charge is 0.257 e. The third-order valence-corrected chi connectivity index (χ3v) is 4.00. The van der Waals surface area contributed by atoms with Crippen LogP contribution in [0.25, 0.3) is 11.5 Å². The lowest BCUT2D eigenvalue weighted by molar-refractivity contribution is -0.115. The van der Waals surface area contributed by atoms with Gasteiger partial charge < -0.3 is 15.2 Å². The van der Waals surface area contributed by atoms with Gasteiger partial charge in [-0.15, -0.1) is 0 Å². The van der Waals surface area contributed by atoms with Gasteiger partial charge in [-0.3, -0.25) is 9.59 Å². The highest BCUT2D eigenvalue weighted by Crippen LogP contribution is 2.18. The molecular weight excluding hydrogens is 344 g/mol. The summed E-state index contributed by atoms with van der Waals surface area (Å²) in [6.45, 7) is 3.65. The second kappa shape index (κ2) is 8.27. The van der Waals surface area contributed by atoms with Crippen molar-refractivity contribution in [2.24, 2.45) is 0 Å². The van der Waals surface area contributed by atoms with Gasteiger partial charge >= 0.3 is 0 Å². The summed E-state index contributed by atoms with van der Waals surface area (Å²) >= 11 is 0. The molecule has 7 nitrogen and oxygen atoms in total. The number of aromatic nitrogens is 2. The van der Waals surface area contributed by atoms with Gasteiger partial charge in [0.1, 0.15) is 0 Å². The number of amides is 2. The van der Waals surface area contributed by atoms with E-state index in [0.29, 0.717) is 17.3 Å². The molecule has 3 aromatic rings. The van der Waals surface area contributed by atoms with Crippen LogP contribution in [0.3, 0.4) is 0 Å². The highest BCUT2D eigenvalue weighted by Gasteiger charge is 2.11. The molecule has 0 saturated carbocycles. The van der Waals surface area contributed by atoms with Crippen molar-refractivity contribution >= 4 is 17.5 Å². The number of benzene rings is 2. The van der Waals surface area contributed by atoms with Crippen LogP contribution in [0.2, 0.25) is 0 Å². The summed E-state index contributed by atoms with van der Waals surface area (Å²) in [5.74, 6) is 0.334. The Kier molecular flexibility index (Phi) is 5.61. The van der Waals surface area contributed by atoms with Crippen molar-refractivity contribution in [3.8, 4) is 11.5 Å². The average Bonchev–Trinajstić information content (AvgIpc) is 3.13. The summed E-state index contributed by atoms with van der Waals surface area (Å²) in [6.07, 6.45) is 0.814. The number of carbonyl (C=O) groups is 2. The molecule has 1 aromatic heterocycles. The minimum atomic E-state index is -0.331. The van der Waals surface area contributed by atoms with Crippen LogP contribution in [0, 0.1) is 6.92 Å². The van der Waals surface area contributed by atoms with E-state index in [-0.39, 0.29) is 18.4 Å². The zero-order valence-corrected chi connectivity index (χ0v) is 15.2. The molecule has 138 valence electrons. The molecule has 0 aliphatic heterocycles. The van der Waals surface area contributed by atoms with Crippen LogP contribution in [0.4, 0.5) is 5.69 Å². The number of para-hydroxylation sites is 1. The largest absolute Gasteiger partial charge is 0.343 e. The molecule has 7 heteroatoms. The minimum Gasteiger partial charge on any atom is -0.343 e. The van der Waals surface area contributed by atoms with E-state index in [1.807, 2.05) is 31.2 Å². The molecule has 0 saturated heterocycles. The van der Waals surface area contributed by atoms with Gasteiger partial charge in [-0.1, -0.05) is 30.3 Å². The van der Waals surface area contributed by atoms with Crippen molar-refractivity contribution in [3.05, 3.63) is 65.5 Å². The maximum Gasteiger partial charge on any atom is 0.257 e. The monoisotopic (exact) mass is 364 g/mol. The first kappa shape index (κ1) is 18.3. The van der Waals surface area contributed by atoms with E-state index < -0.39 is 0 Å². The molecule has 0 bridgehead atoms. The Morgan fingerprint density at radius 1 is 1.07 bits per heavy atom. The lowest BCUT2D eigenvalue weighted by Crippen LogP contribution is -2.33. The predicted molar refractivity (Wildman–Crippen MR) is 101 cm³/mol. The summed E-state index contributed by atoms with van der Waals surface area (Å²) in [5.41, 5.74) is 2.97. The van der Waals surface area contributed by atoms with E-state index in [1.54, 1.807) is 31.2 Å². The van der Waals surface area contributed by atoms with Crippen molar-refractivity contribution in [1.29, 1.82) is 0 Å². The molecule has 1 heterocycles. The van der Waals surface area contributed by atoms with Crippen molar-refractivity contribution in [1.82, 2.24) is 15.5 Å². The van der Waals surface area contributed by atoms with Crippen molar-refractivity contribution in [3.63, 3.8) is 0 Å². The highest BCUT2D eigenvalue weighted by atomic mass is 16.5. The van der Waals surface area contributed by atoms with Crippen LogP contribution >= 0.6 is 0 Å². The number of anilines is 1. The zero-order valence-electron chi connectivity index (χ0n) is 15.2. The number of rotatable bonds is 6. The molecule has 0 fully saturated rings. The molecule has 3 rings (SSSR count). The maximum absolute atomic E-state index is 12.2. The van der Waals surface area contributed by atoms with Gasteiger partial charge in [0.2, 0.25) is 5.91 Å². The topological polar surface area (TPSA) is 97.1 Å². The molecule has 2 N–H and O–H groups in total. The predicted octanol–water partition coefficient (Wildman–Crippen LogP) is 2.98. The van der Waals surface area contributed by atoms with Gasteiger partial charge in [-0.05, 0) is 49.2 Å². The third kappa shape index (κ3) is 4.58. The van der Waals surface area contributed by atoms with E-state index in [2.05, 4.69) is 20.8 Å². The van der Waals surface area contributed by atoms with E-state index in [4.69, 9.17) is 4.52 Å². The van der Waals surface area contributed by atoms with Crippen molar-refractivity contribution < 1.29 is 14.1 Å². The molecule has 0 spiro atoms.